The summed E-state index contributed by atoms with van der Waals surface area (Å²) in [5.41, 5.74) is 1.17. The van der Waals surface area contributed by atoms with Crippen molar-refractivity contribution in [1.82, 2.24) is 4.31 Å². The number of hydrogen-bond donors (Lipinski definition) is 0. The van der Waals surface area contributed by atoms with Crippen molar-refractivity contribution in [3.8, 4) is 0 Å². The van der Waals surface area contributed by atoms with E-state index in [0.717, 1.165) is 24.9 Å². The summed E-state index contributed by atoms with van der Waals surface area (Å²) in [5.74, 6) is -0.204. The Balaban J connectivity index is 1.95. The van der Waals surface area contributed by atoms with Crippen molar-refractivity contribution < 1.29 is 13.2 Å². The second-order valence-corrected chi connectivity index (χ2v) is 9.48. The Morgan fingerprint density at radius 3 is 2.43 bits per heavy atom. The highest BCUT2D eigenvalue weighted by atomic mass is 32.2. The van der Waals surface area contributed by atoms with Gasteiger partial charge in [-0.2, -0.15) is 4.31 Å². The van der Waals surface area contributed by atoms with E-state index in [9.17, 15) is 13.2 Å². The van der Waals surface area contributed by atoms with Gasteiger partial charge in [-0.3, -0.25) is 4.79 Å². The summed E-state index contributed by atoms with van der Waals surface area (Å²) in [5, 5.41) is 0. The first-order valence-corrected chi connectivity index (χ1v) is 11.3. The van der Waals surface area contributed by atoms with Crippen molar-refractivity contribution in [3.05, 3.63) is 60.2 Å². The quantitative estimate of drug-likeness (QED) is 0.752. The molecule has 1 fully saturated rings. The lowest BCUT2D eigenvalue weighted by Gasteiger charge is -2.32. The van der Waals surface area contributed by atoms with E-state index >= 15 is 0 Å². The van der Waals surface area contributed by atoms with E-state index in [0.29, 0.717) is 12.1 Å². The molecular weight excluding hydrogens is 372 g/mol. The molecule has 1 aliphatic heterocycles. The molecule has 0 N–H and O–H groups in total. The first kappa shape index (κ1) is 20.6. The number of anilines is 1. The van der Waals surface area contributed by atoms with E-state index in [1.54, 1.807) is 27.4 Å². The van der Waals surface area contributed by atoms with Gasteiger partial charge < -0.3 is 4.90 Å². The normalized spacial score (nSPS) is 18.2. The summed E-state index contributed by atoms with van der Waals surface area (Å²) in [4.78, 5) is 15.1. The Morgan fingerprint density at radius 1 is 1.07 bits per heavy atom. The molecule has 0 spiro atoms. The van der Waals surface area contributed by atoms with Gasteiger partial charge in [-0.05, 0) is 63.9 Å². The fourth-order valence-electron chi connectivity index (χ4n) is 3.73. The third-order valence-corrected chi connectivity index (χ3v) is 7.21. The molecule has 1 unspecified atom stereocenters. The van der Waals surface area contributed by atoms with Gasteiger partial charge in [-0.15, -0.1) is 0 Å². The number of benzene rings is 2. The highest BCUT2D eigenvalue weighted by molar-refractivity contribution is 7.89. The van der Waals surface area contributed by atoms with E-state index < -0.39 is 10.0 Å². The molecule has 1 heterocycles. The van der Waals surface area contributed by atoms with Gasteiger partial charge in [0.05, 0.1) is 4.90 Å². The van der Waals surface area contributed by atoms with E-state index in [1.165, 1.54) is 6.07 Å². The molecule has 1 aliphatic rings. The Kier molecular flexibility index (Phi) is 6.20. The number of piperidine rings is 1. The molecule has 0 bridgehead atoms. The summed E-state index contributed by atoms with van der Waals surface area (Å²) >= 11 is 0. The van der Waals surface area contributed by atoms with Gasteiger partial charge in [-0.25, -0.2) is 8.42 Å². The van der Waals surface area contributed by atoms with Crippen LogP contribution in [0.4, 0.5) is 5.69 Å². The van der Waals surface area contributed by atoms with E-state index in [-0.39, 0.29) is 22.9 Å². The van der Waals surface area contributed by atoms with E-state index in [1.807, 2.05) is 51.1 Å². The summed E-state index contributed by atoms with van der Waals surface area (Å²) in [6.45, 7) is 6.37. The van der Waals surface area contributed by atoms with Gasteiger partial charge >= 0.3 is 0 Å². The molecule has 1 saturated heterocycles. The maximum absolute atomic E-state index is 13.2. The Hall–Kier alpha value is -2.18. The molecule has 1 amide bonds. The average molecular weight is 401 g/mol. The molecule has 0 aromatic heterocycles. The molecule has 2 aromatic carbocycles. The minimum Gasteiger partial charge on any atom is -0.306 e. The number of nitrogens with zero attached hydrogens (tertiary/aromatic N) is 2. The predicted molar refractivity (Wildman–Crippen MR) is 112 cm³/mol. The van der Waals surface area contributed by atoms with Gasteiger partial charge in [0.25, 0.3) is 5.91 Å². The highest BCUT2D eigenvalue weighted by Crippen LogP contribution is 2.27. The average Bonchev–Trinajstić information content (AvgIpc) is 2.69. The van der Waals surface area contributed by atoms with Crippen LogP contribution >= 0.6 is 0 Å². The number of amides is 1. The monoisotopic (exact) mass is 400 g/mol. The zero-order chi connectivity index (χ0) is 20.3. The van der Waals surface area contributed by atoms with E-state index in [4.69, 9.17) is 0 Å². The zero-order valence-electron chi connectivity index (χ0n) is 16.7. The molecule has 1 atom stereocenters. The molecule has 0 aliphatic carbocycles. The van der Waals surface area contributed by atoms with Crippen LogP contribution in [0.2, 0.25) is 0 Å². The number of para-hydroxylation sites is 1. The van der Waals surface area contributed by atoms with Crippen LogP contribution in [0.5, 0.6) is 0 Å². The molecule has 150 valence electrons. The third kappa shape index (κ3) is 4.13. The summed E-state index contributed by atoms with van der Waals surface area (Å²) in [6.07, 6.45) is 2.79. The maximum Gasteiger partial charge on any atom is 0.258 e. The van der Waals surface area contributed by atoms with Crippen molar-refractivity contribution in [2.24, 2.45) is 0 Å². The second kappa shape index (κ2) is 8.45. The zero-order valence-corrected chi connectivity index (χ0v) is 17.5. The lowest BCUT2D eigenvalue weighted by molar-refractivity contribution is 0.0980. The van der Waals surface area contributed by atoms with Gasteiger partial charge in [0.1, 0.15) is 0 Å². The highest BCUT2D eigenvalue weighted by Gasteiger charge is 2.31. The number of carbonyl (C=O) groups is 1. The largest absolute Gasteiger partial charge is 0.306 e. The van der Waals surface area contributed by atoms with Crippen molar-refractivity contribution in [1.29, 1.82) is 0 Å². The van der Waals surface area contributed by atoms with Crippen LogP contribution in [0.1, 0.15) is 50.4 Å². The van der Waals surface area contributed by atoms with Crippen molar-refractivity contribution in [2.75, 3.05) is 11.4 Å². The van der Waals surface area contributed by atoms with Crippen LogP contribution in [0.3, 0.4) is 0 Å². The lowest BCUT2D eigenvalue weighted by atomic mass is 10.1. The Bertz CT molecular complexity index is 926. The van der Waals surface area contributed by atoms with Crippen LogP contribution in [-0.2, 0) is 10.0 Å². The Morgan fingerprint density at radius 2 is 1.79 bits per heavy atom. The second-order valence-electron chi connectivity index (χ2n) is 7.59. The van der Waals surface area contributed by atoms with Crippen LogP contribution in [0.15, 0.2) is 59.5 Å². The molecule has 5 nitrogen and oxygen atoms in total. The smallest absolute Gasteiger partial charge is 0.258 e. The van der Waals surface area contributed by atoms with Gasteiger partial charge in [0, 0.05) is 29.9 Å². The standard InChI is InChI=1S/C22H28N2O3S/c1-17(2)24(20-12-5-4-6-13-20)22(25)19-11-9-14-21(16-19)28(26,27)23-15-8-7-10-18(23)3/h4-6,9,11-14,16-18H,7-8,10,15H2,1-3H3. The summed E-state index contributed by atoms with van der Waals surface area (Å²) in [7, 11) is -3.62. The minimum absolute atomic E-state index is 0.0189. The minimum atomic E-state index is -3.62. The molecular formula is C22H28N2O3S. The SMILES string of the molecule is CC(C)N(C(=O)c1cccc(S(=O)(=O)N2CCCCC2C)c1)c1ccccc1. The molecule has 6 heteroatoms. The molecule has 28 heavy (non-hydrogen) atoms. The predicted octanol–water partition coefficient (Wildman–Crippen LogP) is 4.30. The molecule has 3 rings (SSSR count). The van der Waals surface area contributed by atoms with Crippen molar-refractivity contribution >= 4 is 21.6 Å². The summed E-state index contributed by atoms with van der Waals surface area (Å²) in [6, 6.07) is 15.8. The van der Waals surface area contributed by atoms with Gasteiger partial charge in [-0.1, -0.05) is 30.7 Å². The molecule has 2 aromatic rings. The lowest BCUT2D eigenvalue weighted by Crippen LogP contribution is -2.42. The van der Waals surface area contributed by atoms with Crippen LogP contribution in [-0.4, -0.2) is 37.3 Å². The first-order chi connectivity index (χ1) is 13.3. The number of sulfonamides is 1. The van der Waals surface area contributed by atoms with Crippen molar-refractivity contribution in [3.63, 3.8) is 0 Å². The maximum atomic E-state index is 13.2. The van der Waals surface area contributed by atoms with Crippen molar-refractivity contribution in [2.45, 2.75) is 57.0 Å². The fraction of sp³-hybridized carbons (Fsp3) is 0.409. The molecule has 0 saturated carbocycles. The van der Waals surface area contributed by atoms with Gasteiger partial charge in [0.15, 0.2) is 0 Å². The third-order valence-electron chi connectivity index (χ3n) is 5.20. The first-order valence-electron chi connectivity index (χ1n) is 9.83. The van der Waals surface area contributed by atoms with Crippen LogP contribution < -0.4 is 4.90 Å². The topological polar surface area (TPSA) is 57.7 Å². The summed E-state index contributed by atoms with van der Waals surface area (Å²) < 4.78 is 27.9. The number of hydrogen-bond acceptors (Lipinski definition) is 3. The van der Waals surface area contributed by atoms with Gasteiger partial charge in [0.2, 0.25) is 10.0 Å². The Labute approximate surface area is 168 Å². The molecule has 0 radical (unpaired) electrons. The fourth-order valence-corrected chi connectivity index (χ4v) is 5.48. The number of carbonyl (C=O) groups excluding carboxylic acids is 1. The van der Waals surface area contributed by atoms with E-state index in [2.05, 4.69) is 0 Å². The number of rotatable bonds is 5. The van der Waals surface area contributed by atoms with Crippen LogP contribution in [0.25, 0.3) is 0 Å². The van der Waals surface area contributed by atoms with Crippen LogP contribution in [0, 0.1) is 0 Å².